The van der Waals surface area contributed by atoms with Gasteiger partial charge in [-0.2, -0.15) is 0 Å². The molecule has 2 saturated heterocycles. The molecule has 2 N–H and O–H groups in total. The van der Waals surface area contributed by atoms with Crippen molar-refractivity contribution in [2.45, 2.75) is 123 Å². The molecular formula is C33H55N3O5. The number of carbonyl (C=O) groups excluding carboxylic acids is 2. The normalized spacial score (nSPS) is 46.6. The Bertz CT molecular complexity index is 1000. The number of carbonyl (C=O) groups is 2. The minimum absolute atomic E-state index is 0.114. The number of esters is 2. The molecule has 6 aliphatic rings. The Morgan fingerprint density at radius 3 is 2.20 bits per heavy atom. The molecule has 0 radical (unpaired) electrons. The third-order valence-electron chi connectivity index (χ3n) is 13.4. The first kappa shape index (κ1) is 29.8. The smallest absolute Gasteiger partial charge is 0.305 e. The van der Waals surface area contributed by atoms with E-state index in [0.717, 1.165) is 44.8 Å². The Kier molecular flexibility index (Phi) is 7.82. The first-order chi connectivity index (χ1) is 19.5. The molecule has 41 heavy (non-hydrogen) atoms. The van der Waals surface area contributed by atoms with Crippen LogP contribution in [0.5, 0.6) is 0 Å². The van der Waals surface area contributed by atoms with E-state index in [1.807, 2.05) is 0 Å². The van der Waals surface area contributed by atoms with Crippen LogP contribution in [0.4, 0.5) is 0 Å². The molecule has 0 aromatic carbocycles. The van der Waals surface area contributed by atoms with Crippen molar-refractivity contribution in [1.82, 2.24) is 15.1 Å². The van der Waals surface area contributed by atoms with Crippen LogP contribution < -0.4 is 5.32 Å². The van der Waals surface area contributed by atoms with Gasteiger partial charge in [0.25, 0.3) is 5.79 Å². The van der Waals surface area contributed by atoms with Crippen molar-refractivity contribution in [1.29, 1.82) is 0 Å². The maximum Gasteiger partial charge on any atom is 0.305 e. The van der Waals surface area contributed by atoms with E-state index in [4.69, 9.17) is 9.47 Å². The molecule has 8 nitrogen and oxygen atoms in total. The summed E-state index contributed by atoms with van der Waals surface area (Å²) in [4.78, 5) is 30.8. The molecule has 2 heterocycles. The highest BCUT2D eigenvalue weighted by Crippen LogP contribution is 2.72. The number of rotatable bonds is 4. The van der Waals surface area contributed by atoms with E-state index in [-0.39, 0.29) is 17.3 Å². The van der Waals surface area contributed by atoms with E-state index in [9.17, 15) is 14.7 Å². The van der Waals surface area contributed by atoms with Gasteiger partial charge in [0.2, 0.25) is 0 Å². The number of nitrogens with one attached hydrogen (secondary N) is 1. The number of ether oxygens (including phenoxy) is 2. The Morgan fingerprint density at radius 2 is 1.54 bits per heavy atom. The van der Waals surface area contributed by atoms with Crippen LogP contribution >= 0.6 is 0 Å². The molecule has 4 saturated carbocycles. The van der Waals surface area contributed by atoms with Gasteiger partial charge >= 0.3 is 11.9 Å². The first-order valence-corrected chi connectivity index (χ1v) is 16.8. The maximum absolute atomic E-state index is 12.8. The van der Waals surface area contributed by atoms with Crippen LogP contribution in [0.1, 0.15) is 105 Å². The molecule has 0 spiro atoms. The fraction of sp³-hybridized carbons (Fsp3) is 0.939. The number of aliphatic hydroxyl groups excluding tert-OH is 1. The highest BCUT2D eigenvalue weighted by atomic mass is 16.7. The van der Waals surface area contributed by atoms with E-state index in [0.29, 0.717) is 36.8 Å². The molecule has 0 aromatic heterocycles. The minimum atomic E-state index is -1.33. The van der Waals surface area contributed by atoms with Crippen LogP contribution in [-0.2, 0) is 19.1 Å². The lowest BCUT2D eigenvalue weighted by Crippen LogP contribution is -2.82. The minimum Gasteiger partial charge on any atom is -0.422 e. The van der Waals surface area contributed by atoms with Gasteiger partial charge in [-0.25, -0.2) is 0 Å². The second kappa shape index (κ2) is 10.7. The summed E-state index contributed by atoms with van der Waals surface area (Å²) in [7, 11) is 0. The van der Waals surface area contributed by atoms with Gasteiger partial charge in [0, 0.05) is 44.8 Å². The van der Waals surface area contributed by atoms with Gasteiger partial charge in [-0.1, -0.05) is 33.6 Å². The molecule has 2 aliphatic heterocycles. The highest BCUT2D eigenvalue weighted by Gasteiger charge is 2.75. The summed E-state index contributed by atoms with van der Waals surface area (Å²) in [6.07, 6.45) is 12.1. The predicted molar refractivity (Wildman–Crippen MR) is 156 cm³/mol. The Morgan fingerprint density at radius 1 is 0.829 bits per heavy atom. The van der Waals surface area contributed by atoms with Crippen molar-refractivity contribution < 1.29 is 24.2 Å². The lowest BCUT2D eigenvalue weighted by molar-refractivity contribution is -0.350. The topological polar surface area (TPSA) is 91.3 Å². The second-order valence-electron chi connectivity index (χ2n) is 15.2. The SMILES string of the molecule is CC(=O)OC1(OC(C)=O)CC(N2CCCCC2)(N2CCN[C@@H](O)C2)[C@]2(C)C3CC[C@]4(C)CCCC4C3CCC2C1C. The largest absolute Gasteiger partial charge is 0.422 e. The lowest BCUT2D eigenvalue weighted by Gasteiger charge is -2.74. The Hall–Kier alpha value is -1.22. The van der Waals surface area contributed by atoms with Gasteiger partial charge in [-0.15, -0.1) is 0 Å². The van der Waals surface area contributed by atoms with E-state index in [1.165, 1.54) is 58.8 Å². The average Bonchev–Trinajstić information content (AvgIpc) is 3.32. The second-order valence-corrected chi connectivity index (χ2v) is 15.2. The van der Waals surface area contributed by atoms with Gasteiger partial charge in [0.05, 0.1) is 12.1 Å². The van der Waals surface area contributed by atoms with Crippen LogP contribution in [0.3, 0.4) is 0 Å². The summed E-state index contributed by atoms with van der Waals surface area (Å²) >= 11 is 0. The van der Waals surface area contributed by atoms with Crippen molar-refractivity contribution in [2.75, 3.05) is 32.7 Å². The van der Waals surface area contributed by atoms with Crippen molar-refractivity contribution in [3.63, 3.8) is 0 Å². The van der Waals surface area contributed by atoms with Crippen molar-refractivity contribution in [2.24, 2.45) is 40.4 Å². The molecule has 0 bridgehead atoms. The highest BCUT2D eigenvalue weighted by molar-refractivity contribution is 5.69. The van der Waals surface area contributed by atoms with Gasteiger partial charge in [-0.3, -0.25) is 24.7 Å². The van der Waals surface area contributed by atoms with Crippen LogP contribution in [0.15, 0.2) is 0 Å². The van der Waals surface area contributed by atoms with Crippen LogP contribution in [0, 0.1) is 40.4 Å². The van der Waals surface area contributed by atoms with Gasteiger partial charge in [0.1, 0.15) is 6.23 Å². The molecule has 9 atom stereocenters. The van der Waals surface area contributed by atoms with Gasteiger partial charge in [-0.05, 0) is 93.5 Å². The van der Waals surface area contributed by atoms with E-state index in [1.54, 1.807) is 0 Å². The fourth-order valence-electron chi connectivity index (χ4n) is 11.9. The number of fused-ring (bicyclic) bond motifs is 5. The number of aliphatic hydroxyl groups is 1. The predicted octanol–water partition coefficient (Wildman–Crippen LogP) is 4.50. The standard InChI is InChI=1S/C33H55N3O5/c1-22-26-12-11-25-27-10-9-14-30(27,4)15-13-28(25)31(26,5)33(35-17-7-6-8-18-35,36-19-16-34-29(39)20-36)21-32(22,40-23(2)37)41-24(3)38/h22,25-29,34,39H,6-21H2,1-5H3/t22?,25?,26?,27?,28?,29-,30-,31-,33?/m0/s1. The molecule has 232 valence electrons. The number of piperazine rings is 1. The summed E-state index contributed by atoms with van der Waals surface area (Å²) in [5.41, 5.74) is -0.158. The lowest BCUT2D eigenvalue weighted by atomic mass is 9.40. The molecular weight excluding hydrogens is 518 g/mol. The number of hydrogen-bond donors (Lipinski definition) is 2. The van der Waals surface area contributed by atoms with Crippen LogP contribution in [0.2, 0.25) is 0 Å². The number of hydrogen-bond acceptors (Lipinski definition) is 8. The Balaban J connectivity index is 1.56. The number of β-amino-alcohol motifs (C(OH)–C–C–N with tert-alkyl or cyclic N) is 1. The van der Waals surface area contributed by atoms with Crippen molar-refractivity contribution in [3.05, 3.63) is 0 Å². The van der Waals surface area contributed by atoms with Crippen LogP contribution in [0.25, 0.3) is 0 Å². The Labute approximate surface area is 247 Å². The van der Waals surface area contributed by atoms with E-state index in [2.05, 4.69) is 35.9 Å². The van der Waals surface area contributed by atoms with E-state index < -0.39 is 29.6 Å². The van der Waals surface area contributed by atoms with Crippen molar-refractivity contribution in [3.8, 4) is 0 Å². The van der Waals surface area contributed by atoms with Crippen molar-refractivity contribution >= 4 is 11.9 Å². The monoisotopic (exact) mass is 573 g/mol. The summed E-state index contributed by atoms with van der Waals surface area (Å²) in [5.74, 6) is -0.0303. The molecule has 8 heteroatoms. The molecule has 6 unspecified atom stereocenters. The average molecular weight is 574 g/mol. The zero-order chi connectivity index (χ0) is 29.2. The molecule has 6 rings (SSSR count). The zero-order valence-electron chi connectivity index (χ0n) is 26.3. The third-order valence-corrected chi connectivity index (χ3v) is 13.4. The molecule has 6 fully saturated rings. The summed E-state index contributed by atoms with van der Waals surface area (Å²) < 4.78 is 12.5. The fourth-order valence-corrected chi connectivity index (χ4v) is 11.9. The molecule has 0 amide bonds. The number of piperidine rings is 1. The number of nitrogens with zero attached hydrogens (tertiary/aromatic N) is 2. The third kappa shape index (κ3) is 4.52. The summed E-state index contributed by atoms with van der Waals surface area (Å²) in [5, 5.41) is 14.3. The maximum atomic E-state index is 12.8. The summed E-state index contributed by atoms with van der Waals surface area (Å²) in [6.45, 7) is 14.2. The van der Waals surface area contributed by atoms with Crippen LogP contribution in [-0.4, -0.2) is 77.2 Å². The number of likely N-dealkylation sites (tertiary alicyclic amines) is 1. The van der Waals surface area contributed by atoms with Gasteiger partial charge in [0.15, 0.2) is 0 Å². The summed E-state index contributed by atoms with van der Waals surface area (Å²) in [6, 6.07) is 0. The molecule has 0 aromatic rings. The van der Waals surface area contributed by atoms with E-state index >= 15 is 0 Å². The first-order valence-electron chi connectivity index (χ1n) is 16.8. The quantitative estimate of drug-likeness (QED) is 0.375. The molecule has 4 aliphatic carbocycles. The van der Waals surface area contributed by atoms with Gasteiger partial charge < -0.3 is 14.6 Å². The zero-order valence-corrected chi connectivity index (χ0v) is 26.3.